The maximum atomic E-state index is 12.1. The minimum Gasteiger partial charge on any atom is -0.352 e. The standard InChI is InChI=1S/C25H26N2O3/c1-18(24(28)27-30)16-20-10-12-21(13-11-20)23-9-5-6-19(17-23)14-15-26-25(29)22-7-3-2-4-8-22/h2-13,17-18,30H,14-16H2,1H3,(H,26,29)(H,27,28). The van der Waals surface area contributed by atoms with Crippen molar-refractivity contribution in [1.82, 2.24) is 10.8 Å². The first-order valence-electron chi connectivity index (χ1n) is 10.0. The van der Waals surface area contributed by atoms with Crippen molar-refractivity contribution in [3.63, 3.8) is 0 Å². The SMILES string of the molecule is CC(Cc1ccc(-c2cccc(CCNC(=O)c3ccccc3)c2)cc1)C(=O)NO. The van der Waals surface area contributed by atoms with Crippen molar-refractivity contribution in [3.05, 3.63) is 95.6 Å². The van der Waals surface area contributed by atoms with Gasteiger partial charge in [-0.15, -0.1) is 0 Å². The smallest absolute Gasteiger partial charge is 0.251 e. The Balaban J connectivity index is 1.58. The second-order valence-electron chi connectivity index (χ2n) is 7.35. The number of benzene rings is 3. The van der Waals surface area contributed by atoms with Gasteiger partial charge < -0.3 is 5.32 Å². The lowest BCUT2D eigenvalue weighted by Gasteiger charge is -2.10. The molecule has 3 N–H and O–H groups in total. The summed E-state index contributed by atoms with van der Waals surface area (Å²) in [4.78, 5) is 23.6. The number of amides is 2. The molecule has 1 unspecified atom stereocenters. The van der Waals surface area contributed by atoms with Gasteiger partial charge in [0.05, 0.1) is 0 Å². The molecule has 0 aliphatic rings. The predicted octanol–water partition coefficient (Wildman–Crippen LogP) is 4.01. The summed E-state index contributed by atoms with van der Waals surface area (Å²) in [5.41, 5.74) is 6.75. The molecule has 0 fully saturated rings. The van der Waals surface area contributed by atoms with E-state index in [4.69, 9.17) is 5.21 Å². The van der Waals surface area contributed by atoms with Crippen LogP contribution in [0.15, 0.2) is 78.9 Å². The Hall–Kier alpha value is -3.44. The van der Waals surface area contributed by atoms with Gasteiger partial charge in [-0.1, -0.05) is 73.7 Å². The number of carbonyl (C=O) groups is 2. The molecule has 3 rings (SSSR count). The number of rotatable bonds is 8. The molecule has 154 valence electrons. The summed E-state index contributed by atoms with van der Waals surface area (Å²) in [6.45, 7) is 2.35. The van der Waals surface area contributed by atoms with Crippen molar-refractivity contribution in [2.75, 3.05) is 6.54 Å². The molecule has 5 nitrogen and oxygen atoms in total. The fourth-order valence-corrected chi connectivity index (χ4v) is 3.31. The van der Waals surface area contributed by atoms with E-state index in [9.17, 15) is 9.59 Å². The lowest BCUT2D eigenvalue weighted by Crippen LogP contribution is -2.27. The van der Waals surface area contributed by atoms with E-state index in [1.54, 1.807) is 24.5 Å². The van der Waals surface area contributed by atoms with E-state index in [0.717, 1.165) is 28.7 Å². The largest absolute Gasteiger partial charge is 0.352 e. The summed E-state index contributed by atoms with van der Waals surface area (Å²) in [6, 6.07) is 25.5. The van der Waals surface area contributed by atoms with Gasteiger partial charge in [-0.3, -0.25) is 14.8 Å². The monoisotopic (exact) mass is 402 g/mol. The Morgan fingerprint density at radius 2 is 1.60 bits per heavy atom. The van der Waals surface area contributed by atoms with Crippen molar-refractivity contribution in [2.45, 2.75) is 19.8 Å². The number of hydroxylamine groups is 1. The average molecular weight is 402 g/mol. The maximum absolute atomic E-state index is 12.1. The lowest BCUT2D eigenvalue weighted by atomic mass is 9.97. The molecular weight excluding hydrogens is 376 g/mol. The molecule has 0 heterocycles. The molecule has 3 aromatic rings. The summed E-state index contributed by atoms with van der Waals surface area (Å²) in [5, 5.41) is 11.7. The fraction of sp³-hybridized carbons (Fsp3) is 0.200. The highest BCUT2D eigenvalue weighted by molar-refractivity contribution is 5.94. The van der Waals surface area contributed by atoms with Gasteiger partial charge in [0, 0.05) is 18.0 Å². The van der Waals surface area contributed by atoms with Crippen LogP contribution in [0, 0.1) is 5.92 Å². The van der Waals surface area contributed by atoms with Gasteiger partial charge in [-0.05, 0) is 47.2 Å². The number of hydrogen-bond donors (Lipinski definition) is 3. The minimum absolute atomic E-state index is 0.0635. The molecule has 0 aliphatic carbocycles. The van der Waals surface area contributed by atoms with Crippen molar-refractivity contribution in [3.8, 4) is 11.1 Å². The summed E-state index contributed by atoms with van der Waals surface area (Å²) < 4.78 is 0. The minimum atomic E-state index is -0.383. The molecule has 2 amide bonds. The van der Waals surface area contributed by atoms with E-state index >= 15 is 0 Å². The van der Waals surface area contributed by atoms with Gasteiger partial charge in [0.2, 0.25) is 5.91 Å². The molecule has 0 saturated heterocycles. The zero-order chi connectivity index (χ0) is 21.3. The summed E-state index contributed by atoms with van der Waals surface area (Å²) in [6.07, 6.45) is 1.31. The predicted molar refractivity (Wildman–Crippen MR) is 117 cm³/mol. The van der Waals surface area contributed by atoms with Crippen LogP contribution in [0.25, 0.3) is 11.1 Å². The van der Waals surface area contributed by atoms with Gasteiger partial charge in [-0.2, -0.15) is 0 Å². The van der Waals surface area contributed by atoms with Gasteiger partial charge in [0.1, 0.15) is 0 Å². The van der Waals surface area contributed by atoms with Gasteiger partial charge in [0.15, 0.2) is 0 Å². The van der Waals surface area contributed by atoms with Crippen molar-refractivity contribution >= 4 is 11.8 Å². The van der Waals surface area contributed by atoms with Crippen LogP contribution >= 0.6 is 0 Å². The van der Waals surface area contributed by atoms with Crippen LogP contribution in [0.4, 0.5) is 0 Å². The summed E-state index contributed by atoms with van der Waals surface area (Å²) in [5.74, 6) is -0.743. The van der Waals surface area contributed by atoms with Crippen LogP contribution in [0.5, 0.6) is 0 Å². The molecule has 0 aromatic heterocycles. The Morgan fingerprint density at radius 1 is 0.867 bits per heavy atom. The van der Waals surface area contributed by atoms with E-state index < -0.39 is 0 Å². The Labute approximate surface area is 176 Å². The molecule has 3 aromatic carbocycles. The highest BCUT2D eigenvalue weighted by Gasteiger charge is 2.12. The topological polar surface area (TPSA) is 78.4 Å². The van der Waals surface area contributed by atoms with Gasteiger partial charge in [0.25, 0.3) is 5.91 Å². The van der Waals surface area contributed by atoms with Crippen LogP contribution < -0.4 is 10.8 Å². The van der Waals surface area contributed by atoms with Crippen LogP contribution in [-0.2, 0) is 17.6 Å². The van der Waals surface area contributed by atoms with Crippen LogP contribution in [-0.4, -0.2) is 23.6 Å². The summed E-state index contributed by atoms with van der Waals surface area (Å²) in [7, 11) is 0. The second kappa shape index (κ2) is 10.4. The third-order valence-electron chi connectivity index (χ3n) is 5.05. The molecule has 0 radical (unpaired) electrons. The third-order valence-corrected chi connectivity index (χ3v) is 5.05. The molecule has 5 heteroatoms. The number of hydrogen-bond acceptors (Lipinski definition) is 3. The van der Waals surface area contributed by atoms with E-state index in [-0.39, 0.29) is 17.7 Å². The van der Waals surface area contributed by atoms with Crippen molar-refractivity contribution in [1.29, 1.82) is 0 Å². The first kappa shape index (κ1) is 21.3. The second-order valence-corrected chi connectivity index (χ2v) is 7.35. The van der Waals surface area contributed by atoms with Crippen molar-refractivity contribution in [2.24, 2.45) is 5.92 Å². The Bertz CT molecular complexity index is 985. The van der Waals surface area contributed by atoms with E-state index in [1.165, 1.54) is 0 Å². The van der Waals surface area contributed by atoms with Crippen LogP contribution in [0.2, 0.25) is 0 Å². The number of nitrogens with one attached hydrogen (secondary N) is 2. The molecular formula is C25H26N2O3. The lowest BCUT2D eigenvalue weighted by molar-refractivity contribution is -0.132. The molecule has 0 saturated carbocycles. The van der Waals surface area contributed by atoms with Crippen LogP contribution in [0.1, 0.15) is 28.4 Å². The molecule has 0 aliphatic heterocycles. The zero-order valence-corrected chi connectivity index (χ0v) is 17.0. The molecule has 1 atom stereocenters. The van der Waals surface area contributed by atoms with Crippen molar-refractivity contribution < 1.29 is 14.8 Å². The fourth-order valence-electron chi connectivity index (χ4n) is 3.31. The van der Waals surface area contributed by atoms with E-state index in [2.05, 4.69) is 23.5 Å². The normalized spacial score (nSPS) is 11.5. The highest BCUT2D eigenvalue weighted by atomic mass is 16.5. The quantitative estimate of drug-likeness (QED) is 0.393. The summed E-state index contributed by atoms with van der Waals surface area (Å²) >= 11 is 0. The molecule has 0 bridgehead atoms. The number of carbonyl (C=O) groups excluding carboxylic acids is 2. The van der Waals surface area contributed by atoms with Gasteiger partial charge in [-0.25, -0.2) is 5.48 Å². The molecule has 0 spiro atoms. The maximum Gasteiger partial charge on any atom is 0.251 e. The molecule has 30 heavy (non-hydrogen) atoms. The highest BCUT2D eigenvalue weighted by Crippen LogP contribution is 2.22. The first-order valence-corrected chi connectivity index (χ1v) is 10.0. The average Bonchev–Trinajstić information content (AvgIpc) is 2.79. The Morgan fingerprint density at radius 3 is 2.30 bits per heavy atom. The van der Waals surface area contributed by atoms with E-state index in [0.29, 0.717) is 18.5 Å². The third kappa shape index (κ3) is 5.78. The van der Waals surface area contributed by atoms with E-state index in [1.807, 2.05) is 48.5 Å². The van der Waals surface area contributed by atoms with Crippen LogP contribution in [0.3, 0.4) is 0 Å². The first-order chi connectivity index (χ1) is 14.6. The Kier molecular flexibility index (Phi) is 7.35. The zero-order valence-electron chi connectivity index (χ0n) is 17.0. The van der Waals surface area contributed by atoms with Gasteiger partial charge >= 0.3 is 0 Å².